The van der Waals surface area contributed by atoms with Crippen LogP contribution in [0.25, 0.3) is 0 Å². The van der Waals surface area contributed by atoms with E-state index in [2.05, 4.69) is 9.97 Å². The van der Waals surface area contributed by atoms with Crippen LogP contribution in [0.3, 0.4) is 0 Å². The predicted molar refractivity (Wildman–Crippen MR) is 45.4 cm³/mol. The van der Waals surface area contributed by atoms with Crippen LogP contribution in [-0.2, 0) is 11.2 Å². The van der Waals surface area contributed by atoms with Gasteiger partial charge < -0.3 is 10.1 Å². The molecule has 0 aliphatic carbocycles. The predicted octanol–water partition coefficient (Wildman–Crippen LogP) is 0.0331. The molecule has 0 amide bonds. The summed E-state index contributed by atoms with van der Waals surface area (Å²) < 4.78 is 0. The Hall–Kier alpha value is -1.65. The lowest BCUT2D eigenvalue weighted by atomic mass is 10.1. The Balaban J connectivity index is 2.75. The van der Waals surface area contributed by atoms with E-state index in [0.29, 0.717) is 5.69 Å². The number of aromatic nitrogens is 2. The molecule has 0 radical (unpaired) electrons. The molecule has 1 unspecified atom stereocenters. The summed E-state index contributed by atoms with van der Waals surface area (Å²) in [4.78, 5) is 27.5. The van der Waals surface area contributed by atoms with Crippen LogP contribution < -0.4 is 5.56 Å². The molecule has 13 heavy (non-hydrogen) atoms. The lowest BCUT2D eigenvalue weighted by Gasteiger charge is -2.03. The number of rotatable bonds is 3. The van der Waals surface area contributed by atoms with Gasteiger partial charge in [0.1, 0.15) is 0 Å². The second-order valence-corrected chi connectivity index (χ2v) is 2.85. The van der Waals surface area contributed by atoms with Crippen molar-refractivity contribution in [3.63, 3.8) is 0 Å². The van der Waals surface area contributed by atoms with Crippen molar-refractivity contribution in [2.45, 2.75) is 13.3 Å². The Morgan fingerprint density at radius 3 is 3.00 bits per heavy atom. The molecule has 0 spiro atoms. The van der Waals surface area contributed by atoms with Crippen LogP contribution in [0.15, 0.2) is 17.2 Å². The first-order valence-corrected chi connectivity index (χ1v) is 3.86. The highest BCUT2D eigenvalue weighted by Gasteiger charge is 2.12. The molecule has 0 aromatic carbocycles. The summed E-state index contributed by atoms with van der Waals surface area (Å²) in [5.41, 5.74) is 0.237. The van der Waals surface area contributed by atoms with Gasteiger partial charge in [-0.05, 0) is 0 Å². The van der Waals surface area contributed by atoms with E-state index in [1.54, 1.807) is 6.92 Å². The van der Waals surface area contributed by atoms with Gasteiger partial charge in [-0.3, -0.25) is 9.59 Å². The van der Waals surface area contributed by atoms with Crippen LogP contribution >= 0.6 is 0 Å². The monoisotopic (exact) mass is 182 g/mol. The summed E-state index contributed by atoms with van der Waals surface area (Å²) in [7, 11) is 0. The summed E-state index contributed by atoms with van der Waals surface area (Å²) in [5.74, 6) is -1.41. The molecule has 1 rings (SSSR count). The number of carboxylic acids is 1. The molecule has 1 atom stereocenters. The highest BCUT2D eigenvalue weighted by atomic mass is 16.4. The van der Waals surface area contributed by atoms with Gasteiger partial charge in [0.15, 0.2) is 0 Å². The number of aliphatic carboxylic acids is 1. The Labute approximate surface area is 74.4 Å². The van der Waals surface area contributed by atoms with Crippen LogP contribution in [-0.4, -0.2) is 21.0 Å². The van der Waals surface area contributed by atoms with E-state index < -0.39 is 11.9 Å². The first-order valence-electron chi connectivity index (χ1n) is 3.86. The molecule has 1 aromatic rings. The molecular formula is C8H10N2O3. The minimum absolute atomic E-state index is 0.261. The van der Waals surface area contributed by atoms with Crippen LogP contribution in [0.4, 0.5) is 0 Å². The third-order valence-electron chi connectivity index (χ3n) is 1.67. The van der Waals surface area contributed by atoms with E-state index in [1.807, 2.05) is 0 Å². The lowest BCUT2D eigenvalue weighted by molar-refractivity contribution is -0.141. The third-order valence-corrected chi connectivity index (χ3v) is 1.67. The van der Waals surface area contributed by atoms with Gasteiger partial charge >= 0.3 is 5.97 Å². The van der Waals surface area contributed by atoms with Gasteiger partial charge in [-0.15, -0.1) is 0 Å². The zero-order valence-corrected chi connectivity index (χ0v) is 7.15. The highest BCUT2D eigenvalue weighted by molar-refractivity contribution is 5.69. The van der Waals surface area contributed by atoms with Crippen molar-refractivity contribution < 1.29 is 9.90 Å². The van der Waals surface area contributed by atoms with Gasteiger partial charge in [0, 0.05) is 18.2 Å². The Bertz CT molecular complexity index is 358. The van der Waals surface area contributed by atoms with Crippen molar-refractivity contribution in [3.8, 4) is 0 Å². The minimum atomic E-state index is -0.887. The van der Waals surface area contributed by atoms with Gasteiger partial charge in [0.25, 0.3) is 5.56 Å². The first-order chi connectivity index (χ1) is 6.09. The van der Waals surface area contributed by atoms with Crippen molar-refractivity contribution in [1.29, 1.82) is 0 Å². The molecule has 1 heterocycles. The second-order valence-electron chi connectivity index (χ2n) is 2.85. The normalized spacial score (nSPS) is 12.4. The summed E-state index contributed by atoms with van der Waals surface area (Å²) in [6.45, 7) is 1.57. The molecule has 2 N–H and O–H groups in total. The van der Waals surface area contributed by atoms with Gasteiger partial charge in [-0.25, -0.2) is 4.98 Å². The minimum Gasteiger partial charge on any atom is -0.481 e. The summed E-state index contributed by atoms with van der Waals surface area (Å²) >= 11 is 0. The van der Waals surface area contributed by atoms with E-state index >= 15 is 0 Å². The summed E-state index contributed by atoms with van der Waals surface area (Å²) in [5, 5.41) is 8.60. The zero-order chi connectivity index (χ0) is 9.84. The Morgan fingerprint density at radius 1 is 1.77 bits per heavy atom. The largest absolute Gasteiger partial charge is 0.481 e. The van der Waals surface area contributed by atoms with Crippen LogP contribution in [0.5, 0.6) is 0 Å². The van der Waals surface area contributed by atoms with Crippen molar-refractivity contribution in [1.82, 2.24) is 9.97 Å². The Kier molecular flexibility index (Phi) is 2.79. The van der Waals surface area contributed by atoms with Crippen molar-refractivity contribution >= 4 is 5.97 Å². The SMILES string of the molecule is CC(Cc1cc(=O)[nH]cn1)C(=O)O. The summed E-state index contributed by atoms with van der Waals surface area (Å²) in [6, 6.07) is 1.30. The standard InChI is InChI=1S/C8H10N2O3/c1-5(8(12)13)2-6-3-7(11)10-4-9-6/h3-5H,2H2,1H3,(H,12,13)(H,9,10,11). The zero-order valence-electron chi connectivity index (χ0n) is 7.15. The maximum Gasteiger partial charge on any atom is 0.306 e. The van der Waals surface area contributed by atoms with E-state index in [-0.39, 0.29) is 12.0 Å². The average molecular weight is 182 g/mol. The fraction of sp³-hybridized carbons (Fsp3) is 0.375. The molecule has 5 nitrogen and oxygen atoms in total. The topological polar surface area (TPSA) is 83.0 Å². The molecule has 0 saturated carbocycles. The first kappa shape index (κ1) is 9.44. The number of nitrogens with one attached hydrogen (secondary N) is 1. The molecule has 0 bridgehead atoms. The lowest BCUT2D eigenvalue weighted by Crippen LogP contribution is -2.15. The molecule has 5 heteroatoms. The maximum absolute atomic E-state index is 10.8. The van der Waals surface area contributed by atoms with Gasteiger partial charge in [-0.2, -0.15) is 0 Å². The van der Waals surface area contributed by atoms with Gasteiger partial charge in [0.05, 0.1) is 12.2 Å². The molecule has 0 aliphatic heterocycles. The number of carboxylic acid groups (broad SMARTS) is 1. The van der Waals surface area contributed by atoms with Crippen molar-refractivity contribution in [3.05, 3.63) is 28.4 Å². The molecular weight excluding hydrogens is 172 g/mol. The van der Waals surface area contributed by atoms with Crippen LogP contribution in [0.1, 0.15) is 12.6 Å². The third kappa shape index (κ3) is 2.70. The van der Waals surface area contributed by atoms with Crippen LogP contribution in [0, 0.1) is 5.92 Å². The van der Waals surface area contributed by atoms with Crippen molar-refractivity contribution in [2.75, 3.05) is 0 Å². The number of carbonyl (C=O) groups is 1. The quantitative estimate of drug-likeness (QED) is 0.691. The summed E-state index contributed by atoms with van der Waals surface area (Å²) in [6.07, 6.45) is 1.55. The van der Waals surface area contributed by atoms with Crippen molar-refractivity contribution in [2.24, 2.45) is 5.92 Å². The number of H-pyrrole nitrogens is 1. The van der Waals surface area contributed by atoms with E-state index in [0.717, 1.165) is 0 Å². The highest BCUT2D eigenvalue weighted by Crippen LogP contribution is 2.02. The fourth-order valence-electron chi connectivity index (χ4n) is 0.922. The number of nitrogens with zero attached hydrogens (tertiary/aromatic N) is 1. The fourth-order valence-corrected chi connectivity index (χ4v) is 0.922. The van der Waals surface area contributed by atoms with Gasteiger partial charge in [0.2, 0.25) is 0 Å². The van der Waals surface area contributed by atoms with E-state index in [4.69, 9.17) is 5.11 Å². The van der Waals surface area contributed by atoms with E-state index in [1.165, 1.54) is 12.4 Å². The average Bonchev–Trinajstić information content (AvgIpc) is 2.04. The molecule has 0 aliphatic rings. The second kappa shape index (κ2) is 3.84. The smallest absolute Gasteiger partial charge is 0.306 e. The molecule has 70 valence electrons. The maximum atomic E-state index is 10.8. The number of hydrogen-bond donors (Lipinski definition) is 2. The van der Waals surface area contributed by atoms with Gasteiger partial charge in [-0.1, -0.05) is 6.92 Å². The van der Waals surface area contributed by atoms with E-state index in [9.17, 15) is 9.59 Å². The van der Waals surface area contributed by atoms with Crippen LogP contribution in [0.2, 0.25) is 0 Å². The number of aromatic amines is 1. The molecule has 0 fully saturated rings. The molecule has 0 saturated heterocycles. The molecule has 1 aromatic heterocycles. The number of hydrogen-bond acceptors (Lipinski definition) is 3. The Morgan fingerprint density at radius 2 is 2.46 bits per heavy atom.